The maximum absolute atomic E-state index is 5.56. The maximum atomic E-state index is 5.56. The lowest BCUT2D eigenvalue weighted by atomic mass is 9.71. The molecule has 0 saturated heterocycles. The molecule has 1 fully saturated rings. The van der Waals surface area contributed by atoms with Gasteiger partial charge in [0.1, 0.15) is 0 Å². The van der Waals surface area contributed by atoms with Crippen molar-refractivity contribution in [2.75, 3.05) is 14.1 Å². The molecular weight excluding hydrogens is 186 g/mol. The highest BCUT2D eigenvalue weighted by molar-refractivity contribution is 5.14. The molecule has 0 radical (unpaired) electrons. The molecule has 0 aromatic heterocycles. The van der Waals surface area contributed by atoms with E-state index in [-0.39, 0.29) is 11.6 Å². The fraction of sp³-hybridized carbons (Fsp3) is 0.833. The van der Waals surface area contributed by atoms with Crippen molar-refractivity contribution >= 4 is 0 Å². The summed E-state index contributed by atoms with van der Waals surface area (Å²) in [6.45, 7) is 2.29. The summed E-state index contributed by atoms with van der Waals surface area (Å²) in [5.74, 6) is 9.08. The van der Waals surface area contributed by atoms with Crippen LogP contribution in [0.2, 0.25) is 0 Å². The second-order valence-corrected chi connectivity index (χ2v) is 4.97. The lowest BCUT2D eigenvalue weighted by molar-refractivity contribution is 0.0554. The molecule has 86 valence electrons. The fourth-order valence-electron chi connectivity index (χ4n) is 2.85. The molecule has 1 aliphatic rings. The Balaban J connectivity index is 2.92. The molecule has 0 spiro atoms. The van der Waals surface area contributed by atoms with Crippen LogP contribution in [0, 0.1) is 18.3 Å². The van der Waals surface area contributed by atoms with Gasteiger partial charge in [-0.1, -0.05) is 25.7 Å². The standard InChI is InChI=1S/C12H23N3/c1-5-11(14-13)12(15(3)4)8-6-7-10(2)9-12/h1,10-11,14H,6-9,13H2,2-4H3. The molecule has 0 bridgehead atoms. The average Bonchev–Trinajstić information content (AvgIpc) is 2.19. The van der Waals surface area contributed by atoms with E-state index in [1.165, 1.54) is 12.8 Å². The van der Waals surface area contributed by atoms with Crippen LogP contribution in [0.4, 0.5) is 0 Å². The number of rotatable bonds is 3. The summed E-state index contributed by atoms with van der Waals surface area (Å²) >= 11 is 0. The quantitative estimate of drug-likeness (QED) is 0.413. The van der Waals surface area contributed by atoms with Crippen LogP contribution in [0.1, 0.15) is 32.6 Å². The lowest BCUT2D eigenvalue weighted by Gasteiger charge is -2.48. The first-order chi connectivity index (χ1) is 7.06. The van der Waals surface area contributed by atoms with E-state index in [0.717, 1.165) is 18.8 Å². The van der Waals surface area contributed by atoms with Gasteiger partial charge in [-0.2, -0.15) is 0 Å². The summed E-state index contributed by atoms with van der Waals surface area (Å²) in [6, 6.07) is -0.0600. The molecule has 1 saturated carbocycles. The molecule has 0 aromatic carbocycles. The number of hydrazine groups is 1. The first kappa shape index (κ1) is 12.5. The Morgan fingerprint density at radius 2 is 2.27 bits per heavy atom. The van der Waals surface area contributed by atoms with Gasteiger partial charge < -0.3 is 4.90 Å². The zero-order valence-corrected chi connectivity index (χ0v) is 10.1. The summed E-state index contributed by atoms with van der Waals surface area (Å²) in [5, 5.41) is 0. The third-order valence-corrected chi connectivity index (χ3v) is 3.77. The number of nitrogens with zero attached hydrogens (tertiary/aromatic N) is 1. The van der Waals surface area contributed by atoms with E-state index in [4.69, 9.17) is 12.3 Å². The molecule has 3 N–H and O–H groups in total. The van der Waals surface area contributed by atoms with Crippen molar-refractivity contribution in [1.82, 2.24) is 10.3 Å². The van der Waals surface area contributed by atoms with Crippen molar-refractivity contribution in [2.24, 2.45) is 11.8 Å². The van der Waals surface area contributed by atoms with Crippen LogP contribution in [0.25, 0.3) is 0 Å². The number of hydrogen-bond acceptors (Lipinski definition) is 3. The van der Waals surface area contributed by atoms with Gasteiger partial charge in [-0.15, -0.1) is 6.42 Å². The molecule has 1 rings (SSSR count). The molecule has 0 amide bonds. The number of terminal acetylenes is 1. The molecule has 15 heavy (non-hydrogen) atoms. The zero-order valence-electron chi connectivity index (χ0n) is 10.1. The Bertz CT molecular complexity index is 244. The SMILES string of the molecule is C#CC(NN)C1(N(C)C)CCCC(C)C1. The van der Waals surface area contributed by atoms with E-state index in [9.17, 15) is 0 Å². The van der Waals surface area contributed by atoms with Gasteiger partial charge >= 0.3 is 0 Å². The Hall–Kier alpha value is -0.560. The third-order valence-electron chi connectivity index (χ3n) is 3.77. The summed E-state index contributed by atoms with van der Waals surface area (Å²) in [4.78, 5) is 2.24. The van der Waals surface area contributed by atoms with Gasteiger partial charge in [0, 0.05) is 5.54 Å². The first-order valence-electron chi connectivity index (χ1n) is 5.66. The van der Waals surface area contributed by atoms with Gasteiger partial charge in [0.25, 0.3) is 0 Å². The van der Waals surface area contributed by atoms with Gasteiger partial charge in [-0.3, -0.25) is 5.84 Å². The number of likely N-dealkylation sites (N-methyl/N-ethyl adjacent to an activating group) is 1. The second-order valence-electron chi connectivity index (χ2n) is 4.97. The minimum Gasteiger partial charge on any atom is -0.301 e. The Morgan fingerprint density at radius 1 is 1.60 bits per heavy atom. The lowest BCUT2D eigenvalue weighted by Crippen LogP contribution is -2.61. The van der Waals surface area contributed by atoms with Crippen molar-refractivity contribution in [2.45, 2.75) is 44.2 Å². The fourth-order valence-corrected chi connectivity index (χ4v) is 2.85. The largest absolute Gasteiger partial charge is 0.301 e. The van der Waals surface area contributed by atoms with E-state index >= 15 is 0 Å². The molecule has 1 aliphatic carbocycles. The van der Waals surface area contributed by atoms with Crippen molar-refractivity contribution in [3.05, 3.63) is 0 Å². The topological polar surface area (TPSA) is 41.3 Å². The van der Waals surface area contributed by atoms with E-state index in [1.807, 2.05) is 0 Å². The summed E-state index contributed by atoms with van der Waals surface area (Å²) in [6.07, 6.45) is 10.4. The molecule has 0 aromatic rings. The van der Waals surface area contributed by atoms with Crippen LogP contribution in [-0.4, -0.2) is 30.6 Å². The summed E-state index contributed by atoms with van der Waals surface area (Å²) < 4.78 is 0. The van der Waals surface area contributed by atoms with E-state index < -0.39 is 0 Å². The van der Waals surface area contributed by atoms with Gasteiger partial charge in [0.15, 0.2) is 0 Å². The molecule has 3 heteroatoms. The Labute approximate surface area is 93.4 Å². The smallest absolute Gasteiger partial charge is 0.0997 e. The third kappa shape index (κ3) is 2.34. The van der Waals surface area contributed by atoms with Crippen molar-refractivity contribution in [3.63, 3.8) is 0 Å². The van der Waals surface area contributed by atoms with Crippen LogP contribution in [0.5, 0.6) is 0 Å². The highest BCUT2D eigenvalue weighted by atomic mass is 15.3. The minimum absolute atomic E-state index is 0.0289. The van der Waals surface area contributed by atoms with Crippen molar-refractivity contribution in [1.29, 1.82) is 0 Å². The summed E-state index contributed by atoms with van der Waals surface area (Å²) in [5.41, 5.74) is 2.82. The second kappa shape index (κ2) is 4.98. The van der Waals surface area contributed by atoms with Gasteiger partial charge in [0.2, 0.25) is 0 Å². The monoisotopic (exact) mass is 209 g/mol. The molecular formula is C12H23N3. The van der Waals surface area contributed by atoms with Crippen LogP contribution in [-0.2, 0) is 0 Å². The molecule has 3 atom stereocenters. The highest BCUT2D eigenvalue weighted by Crippen LogP contribution is 2.37. The van der Waals surface area contributed by atoms with Crippen LogP contribution < -0.4 is 11.3 Å². The minimum atomic E-state index is -0.0600. The summed E-state index contributed by atoms with van der Waals surface area (Å²) in [7, 11) is 4.19. The predicted octanol–water partition coefficient (Wildman–Crippen LogP) is 0.962. The zero-order chi connectivity index (χ0) is 11.5. The van der Waals surface area contributed by atoms with Gasteiger partial charge in [0.05, 0.1) is 6.04 Å². The molecule has 3 unspecified atom stereocenters. The van der Waals surface area contributed by atoms with Gasteiger partial charge in [-0.05, 0) is 32.9 Å². The van der Waals surface area contributed by atoms with E-state index in [0.29, 0.717) is 0 Å². The first-order valence-corrected chi connectivity index (χ1v) is 5.66. The number of hydrogen-bond donors (Lipinski definition) is 2. The van der Waals surface area contributed by atoms with Crippen LogP contribution in [0.15, 0.2) is 0 Å². The Morgan fingerprint density at radius 3 is 2.67 bits per heavy atom. The highest BCUT2D eigenvalue weighted by Gasteiger charge is 2.42. The normalized spacial score (nSPS) is 33.7. The Kier molecular flexibility index (Phi) is 4.15. The van der Waals surface area contributed by atoms with E-state index in [1.54, 1.807) is 0 Å². The van der Waals surface area contributed by atoms with Crippen molar-refractivity contribution in [3.8, 4) is 12.3 Å². The molecule has 0 aliphatic heterocycles. The van der Waals surface area contributed by atoms with Gasteiger partial charge in [-0.25, -0.2) is 5.43 Å². The molecule has 3 nitrogen and oxygen atoms in total. The predicted molar refractivity (Wildman–Crippen MR) is 64.0 cm³/mol. The maximum Gasteiger partial charge on any atom is 0.0997 e. The van der Waals surface area contributed by atoms with Crippen molar-refractivity contribution < 1.29 is 0 Å². The van der Waals surface area contributed by atoms with E-state index in [2.05, 4.69) is 37.3 Å². The number of nitrogens with two attached hydrogens (primary N) is 1. The molecule has 0 heterocycles. The van der Waals surface area contributed by atoms with Crippen LogP contribution in [0.3, 0.4) is 0 Å². The van der Waals surface area contributed by atoms with Crippen LogP contribution >= 0.6 is 0 Å². The average molecular weight is 209 g/mol. The number of nitrogens with one attached hydrogen (secondary N) is 1.